The second kappa shape index (κ2) is 4.88. The topological polar surface area (TPSA) is 36.4 Å². The highest BCUT2D eigenvalue weighted by Crippen LogP contribution is 2.25. The molecule has 0 saturated carbocycles. The van der Waals surface area contributed by atoms with Gasteiger partial charge in [0.15, 0.2) is 0 Å². The smallest absolute Gasteiger partial charge is 0.219 e. The molecule has 0 bridgehead atoms. The van der Waals surface area contributed by atoms with Crippen LogP contribution in [0.3, 0.4) is 0 Å². The third-order valence-corrected chi connectivity index (χ3v) is 3.69. The Morgan fingerprint density at radius 3 is 2.58 bits per heavy atom. The van der Waals surface area contributed by atoms with E-state index >= 15 is 0 Å². The number of hydrogen-bond acceptors (Lipinski definition) is 3. The molecule has 4 heteroatoms. The molecule has 1 amide bonds. The summed E-state index contributed by atoms with van der Waals surface area (Å²) in [5.74, 6) is 0.166. The first-order valence-corrected chi connectivity index (χ1v) is 6.60. The lowest BCUT2D eigenvalue weighted by Gasteiger charge is -2.36. The van der Waals surface area contributed by atoms with Gasteiger partial charge in [0.05, 0.1) is 5.52 Å². The summed E-state index contributed by atoms with van der Waals surface area (Å²) >= 11 is 0. The summed E-state index contributed by atoms with van der Waals surface area (Å²) in [6.45, 7) is 5.00. The predicted octanol–water partition coefficient (Wildman–Crippen LogP) is 1.90. The van der Waals surface area contributed by atoms with Crippen molar-refractivity contribution in [1.82, 2.24) is 9.88 Å². The number of hydrogen-bond donors (Lipinski definition) is 0. The van der Waals surface area contributed by atoms with Gasteiger partial charge < -0.3 is 9.80 Å². The predicted molar refractivity (Wildman–Crippen MR) is 76.2 cm³/mol. The molecule has 0 spiro atoms. The number of anilines is 1. The molecule has 1 aromatic heterocycles. The van der Waals surface area contributed by atoms with E-state index in [0.717, 1.165) is 31.7 Å². The number of para-hydroxylation sites is 1. The van der Waals surface area contributed by atoms with Gasteiger partial charge in [0.1, 0.15) is 0 Å². The van der Waals surface area contributed by atoms with Crippen LogP contribution in [0.1, 0.15) is 6.92 Å². The van der Waals surface area contributed by atoms with E-state index in [4.69, 9.17) is 0 Å². The third kappa shape index (κ3) is 2.26. The van der Waals surface area contributed by atoms with Gasteiger partial charge in [-0.1, -0.05) is 18.2 Å². The van der Waals surface area contributed by atoms with Crippen LogP contribution in [0.15, 0.2) is 36.5 Å². The Hall–Kier alpha value is -2.10. The molecule has 0 atom stereocenters. The summed E-state index contributed by atoms with van der Waals surface area (Å²) in [5.41, 5.74) is 2.24. The van der Waals surface area contributed by atoms with Crippen LogP contribution in [0.4, 0.5) is 5.69 Å². The van der Waals surface area contributed by atoms with Gasteiger partial charge in [0, 0.05) is 50.4 Å². The van der Waals surface area contributed by atoms with Crippen LogP contribution in [0.2, 0.25) is 0 Å². The van der Waals surface area contributed by atoms with Gasteiger partial charge >= 0.3 is 0 Å². The number of carbonyl (C=O) groups excluding carboxylic acids is 1. The molecule has 3 rings (SSSR count). The van der Waals surface area contributed by atoms with Crippen molar-refractivity contribution in [3.8, 4) is 0 Å². The standard InChI is InChI=1S/C15H17N3O/c1-12(19)17-8-10-18(11-9-17)15-6-7-16-14-5-3-2-4-13(14)15/h2-7H,8-11H2,1H3. The van der Waals surface area contributed by atoms with E-state index in [2.05, 4.69) is 22.0 Å². The first kappa shape index (κ1) is 12.0. The van der Waals surface area contributed by atoms with Crippen LogP contribution >= 0.6 is 0 Å². The molecule has 1 aromatic carbocycles. The lowest BCUT2D eigenvalue weighted by atomic mass is 10.1. The lowest BCUT2D eigenvalue weighted by molar-refractivity contribution is -0.129. The van der Waals surface area contributed by atoms with E-state index in [1.165, 1.54) is 11.1 Å². The second-order valence-electron chi connectivity index (χ2n) is 4.84. The normalized spacial score (nSPS) is 15.8. The van der Waals surface area contributed by atoms with E-state index < -0.39 is 0 Å². The van der Waals surface area contributed by atoms with E-state index in [1.54, 1.807) is 6.92 Å². The average Bonchev–Trinajstić information content (AvgIpc) is 2.47. The summed E-state index contributed by atoms with van der Waals surface area (Å²) in [5, 5.41) is 1.18. The van der Waals surface area contributed by atoms with Crippen LogP contribution < -0.4 is 4.90 Å². The molecule has 0 radical (unpaired) electrons. The molecule has 2 aromatic rings. The molecule has 2 heterocycles. The molecule has 1 saturated heterocycles. The summed E-state index contributed by atoms with van der Waals surface area (Å²) in [4.78, 5) is 20.0. The summed E-state index contributed by atoms with van der Waals surface area (Å²) < 4.78 is 0. The van der Waals surface area contributed by atoms with Crippen molar-refractivity contribution in [3.05, 3.63) is 36.5 Å². The highest BCUT2D eigenvalue weighted by atomic mass is 16.2. The fourth-order valence-electron chi connectivity index (χ4n) is 2.62. The maximum atomic E-state index is 11.4. The summed E-state index contributed by atoms with van der Waals surface area (Å²) in [6.07, 6.45) is 1.86. The lowest BCUT2D eigenvalue weighted by Crippen LogP contribution is -2.48. The zero-order valence-corrected chi connectivity index (χ0v) is 11.0. The van der Waals surface area contributed by atoms with E-state index in [1.807, 2.05) is 29.3 Å². The summed E-state index contributed by atoms with van der Waals surface area (Å²) in [6, 6.07) is 10.2. The van der Waals surface area contributed by atoms with Crippen molar-refractivity contribution in [1.29, 1.82) is 0 Å². The Kier molecular flexibility index (Phi) is 3.07. The molecule has 0 unspecified atom stereocenters. The molecular formula is C15H17N3O. The number of fused-ring (bicyclic) bond motifs is 1. The van der Waals surface area contributed by atoms with E-state index in [9.17, 15) is 4.79 Å². The minimum atomic E-state index is 0.166. The van der Waals surface area contributed by atoms with Crippen molar-refractivity contribution in [2.75, 3.05) is 31.1 Å². The largest absolute Gasteiger partial charge is 0.367 e. The highest BCUT2D eigenvalue weighted by molar-refractivity contribution is 5.91. The quantitative estimate of drug-likeness (QED) is 0.781. The van der Waals surface area contributed by atoms with Crippen molar-refractivity contribution in [2.45, 2.75) is 6.92 Å². The molecule has 4 nitrogen and oxygen atoms in total. The minimum Gasteiger partial charge on any atom is -0.367 e. The Balaban J connectivity index is 1.88. The average molecular weight is 255 g/mol. The van der Waals surface area contributed by atoms with Crippen molar-refractivity contribution >= 4 is 22.5 Å². The van der Waals surface area contributed by atoms with Crippen LogP contribution in [-0.4, -0.2) is 42.0 Å². The number of nitrogens with zero attached hydrogens (tertiary/aromatic N) is 3. The second-order valence-corrected chi connectivity index (χ2v) is 4.84. The maximum absolute atomic E-state index is 11.4. The Morgan fingerprint density at radius 2 is 1.84 bits per heavy atom. The van der Waals surface area contributed by atoms with Gasteiger partial charge in [-0.15, -0.1) is 0 Å². The number of pyridine rings is 1. The Labute approximate surface area is 112 Å². The van der Waals surface area contributed by atoms with E-state index in [0.29, 0.717) is 0 Å². The SMILES string of the molecule is CC(=O)N1CCN(c2ccnc3ccccc23)CC1. The van der Waals surface area contributed by atoms with Crippen LogP contribution in [-0.2, 0) is 4.79 Å². The van der Waals surface area contributed by atoms with E-state index in [-0.39, 0.29) is 5.91 Å². The fourth-order valence-corrected chi connectivity index (χ4v) is 2.62. The van der Waals surface area contributed by atoms with Gasteiger partial charge in [0.2, 0.25) is 5.91 Å². The maximum Gasteiger partial charge on any atom is 0.219 e. The zero-order valence-electron chi connectivity index (χ0n) is 11.0. The van der Waals surface area contributed by atoms with Crippen molar-refractivity contribution in [2.24, 2.45) is 0 Å². The van der Waals surface area contributed by atoms with Gasteiger partial charge in [-0.25, -0.2) is 0 Å². The number of rotatable bonds is 1. The molecule has 0 N–H and O–H groups in total. The molecule has 0 aliphatic carbocycles. The molecule has 98 valence electrons. The Bertz CT molecular complexity index is 598. The fraction of sp³-hybridized carbons (Fsp3) is 0.333. The van der Waals surface area contributed by atoms with Gasteiger partial charge in [-0.05, 0) is 12.1 Å². The number of piperazine rings is 1. The highest BCUT2D eigenvalue weighted by Gasteiger charge is 2.19. The third-order valence-electron chi connectivity index (χ3n) is 3.69. The Morgan fingerprint density at radius 1 is 1.11 bits per heavy atom. The first-order chi connectivity index (χ1) is 9.25. The zero-order chi connectivity index (χ0) is 13.2. The summed E-state index contributed by atoms with van der Waals surface area (Å²) in [7, 11) is 0. The monoisotopic (exact) mass is 255 g/mol. The number of carbonyl (C=O) groups is 1. The van der Waals surface area contributed by atoms with Crippen LogP contribution in [0.25, 0.3) is 10.9 Å². The van der Waals surface area contributed by atoms with Gasteiger partial charge in [0.25, 0.3) is 0 Å². The van der Waals surface area contributed by atoms with Crippen molar-refractivity contribution < 1.29 is 4.79 Å². The molecule has 1 aliphatic heterocycles. The number of amides is 1. The van der Waals surface area contributed by atoms with Crippen LogP contribution in [0, 0.1) is 0 Å². The number of aromatic nitrogens is 1. The van der Waals surface area contributed by atoms with Crippen LogP contribution in [0.5, 0.6) is 0 Å². The molecular weight excluding hydrogens is 238 g/mol. The molecule has 1 fully saturated rings. The minimum absolute atomic E-state index is 0.166. The molecule has 19 heavy (non-hydrogen) atoms. The van der Waals surface area contributed by atoms with Gasteiger partial charge in [-0.3, -0.25) is 9.78 Å². The molecule has 1 aliphatic rings. The number of benzene rings is 1. The first-order valence-electron chi connectivity index (χ1n) is 6.60. The van der Waals surface area contributed by atoms with Crippen molar-refractivity contribution in [3.63, 3.8) is 0 Å². The van der Waals surface area contributed by atoms with Gasteiger partial charge in [-0.2, -0.15) is 0 Å².